The molecule has 14 heavy (non-hydrogen) atoms. The average Bonchev–Trinajstić information content (AvgIpc) is 2.07. The molecule has 1 atom stereocenters. The highest BCUT2D eigenvalue weighted by molar-refractivity contribution is 4.58. The smallest absolute Gasteiger partial charge is 0.379 e. The van der Waals surface area contributed by atoms with Gasteiger partial charge in [-0.25, -0.2) is 0 Å². The summed E-state index contributed by atoms with van der Waals surface area (Å²) in [6.07, 6.45) is -3.97. The van der Waals surface area contributed by atoms with Gasteiger partial charge in [0.1, 0.15) is 0 Å². The van der Waals surface area contributed by atoms with Crippen molar-refractivity contribution in [1.82, 2.24) is 5.32 Å². The highest BCUT2D eigenvalue weighted by atomic mass is 19.4. The van der Waals surface area contributed by atoms with Gasteiger partial charge in [0.25, 0.3) is 0 Å². The molecule has 1 N–H and O–H groups in total. The first-order valence-electron chi connectivity index (χ1n) is 4.83. The summed E-state index contributed by atoms with van der Waals surface area (Å²) >= 11 is 0. The Morgan fingerprint density at radius 2 is 2.00 bits per heavy atom. The van der Waals surface area contributed by atoms with Gasteiger partial charge in [-0.15, -0.1) is 0 Å². The predicted octanol–water partition coefficient (Wildman–Crippen LogP) is 2.34. The van der Waals surface area contributed by atoms with Crippen molar-refractivity contribution in [3.05, 3.63) is 0 Å². The molecule has 0 aromatic rings. The highest BCUT2D eigenvalue weighted by Crippen LogP contribution is 2.18. The minimum Gasteiger partial charge on any atom is -0.379 e. The van der Waals surface area contributed by atoms with Gasteiger partial charge in [0.2, 0.25) is 0 Å². The molecule has 0 aliphatic carbocycles. The van der Waals surface area contributed by atoms with Gasteiger partial charge in [0.05, 0.1) is 19.6 Å². The standard InChI is InChI=1S/C9H18F3NO/c1-3-5-13-8(2)7-14-6-4-9(10,11)12/h8,13H,3-7H2,1-2H3. The molecular weight excluding hydrogens is 195 g/mol. The van der Waals surface area contributed by atoms with Crippen LogP contribution in [-0.4, -0.2) is 32.0 Å². The molecule has 0 saturated heterocycles. The van der Waals surface area contributed by atoms with Crippen LogP contribution in [0.2, 0.25) is 0 Å². The van der Waals surface area contributed by atoms with E-state index in [0.29, 0.717) is 6.61 Å². The lowest BCUT2D eigenvalue weighted by atomic mass is 10.3. The van der Waals surface area contributed by atoms with Crippen molar-refractivity contribution in [3.63, 3.8) is 0 Å². The van der Waals surface area contributed by atoms with Gasteiger partial charge in [-0.2, -0.15) is 13.2 Å². The van der Waals surface area contributed by atoms with Crippen LogP contribution in [-0.2, 0) is 4.74 Å². The maximum atomic E-state index is 11.7. The largest absolute Gasteiger partial charge is 0.391 e. The predicted molar refractivity (Wildman–Crippen MR) is 49.2 cm³/mol. The fourth-order valence-electron chi connectivity index (χ4n) is 0.898. The van der Waals surface area contributed by atoms with Gasteiger partial charge in [-0.3, -0.25) is 0 Å². The lowest BCUT2D eigenvalue weighted by Gasteiger charge is -2.13. The first-order chi connectivity index (χ1) is 6.45. The zero-order valence-electron chi connectivity index (χ0n) is 8.66. The zero-order chi connectivity index (χ0) is 11.0. The Balaban J connectivity index is 3.27. The SMILES string of the molecule is CCCNC(C)COCCC(F)(F)F. The second kappa shape index (κ2) is 7.06. The van der Waals surface area contributed by atoms with Crippen LogP contribution in [0.1, 0.15) is 26.7 Å². The normalized spacial score (nSPS) is 14.4. The lowest BCUT2D eigenvalue weighted by Crippen LogP contribution is -2.31. The molecule has 0 spiro atoms. The molecule has 1 unspecified atom stereocenters. The Morgan fingerprint density at radius 1 is 1.36 bits per heavy atom. The summed E-state index contributed by atoms with van der Waals surface area (Å²) in [5.74, 6) is 0. The number of halogens is 3. The van der Waals surface area contributed by atoms with E-state index in [9.17, 15) is 13.2 Å². The van der Waals surface area contributed by atoms with Crippen molar-refractivity contribution < 1.29 is 17.9 Å². The van der Waals surface area contributed by atoms with E-state index in [0.717, 1.165) is 13.0 Å². The van der Waals surface area contributed by atoms with Gasteiger partial charge in [0.15, 0.2) is 0 Å². The third-order valence-corrected chi connectivity index (χ3v) is 1.64. The molecule has 5 heteroatoms. The molecule has 86 valence electrons. The maximum absolute atomic E-state index is 11.7. The van der Waals surface area contributed by atoms with Crippen molar-refractivity contribution in [2.75, 3.05) is 19.8 Å². The quantitative estimate of drug-likeness (QED) is 0.655. The first kappa shape index (κ1) is 13.7. The van der Waals surface area contributed by atoms with E-state index in [1.807, 2.05) is 13.8 Å². The second-order valence-electron chi connectivity index (χ2n) is 3.30. The molecule has 0 saturated carbocycles. The van der Waals surface area contributed by atoms with E-state index in [-0.39, 0.29) is 12.6 Å². The van der Waals surface area contributed by atoms with Crippen LogP contribution in [0.3, 0.4) is 0 Å². The van der Waals surface area contributed by atoms with Gasteiger partial charge >= 0.3 is 6.18 Å². The zero-order valence-corrected chi connectivity index (χ0v) is 8.66. The van der Waals surface area contributed by atoms with Crippen molar-refractivity contribution >= 4 is 0 Å². The Hall–Kier alpha value is -0.290. The van der Waals surface area contributed by atoms with Crippen LogP contribution in [0, 0.1) is 0 Å². The summed E-state index contributed by atoms with van der Waals surface area (Å²) in [6.45, 7) is 4.87. The van der Waals surface area contributed by atoms with Crippen molar-refractivity contribution in [3.8, 4) is 0 Å². The Bertz CT molecular complexity index is 139. The van der Waals surface area contributed by atoms with E-state index in [2.05, 4.69) is 5.32 Å². The molecule has 0 aliphatic heterocycles. The number of rotatable bonds is 7. The molecule has 2 nitrogen and oxygen atoms in total. The third kappa shape index (κ3) is 9.80. The van der Waals surface area contributed by atoms with Gasteiger partial charge < -0.3 is 10.1 Å². The molecule has 0 aromatic carbocycles. The fraction of sp³-hybridized carbons (Fsp3) is 1.00. The van der Waals surface area contributed by atoms with E-state index in [4.69, 9.17) is 4.74 Å². The van der Waals surface area contributed by atoms with Crippen molar-refractivity contribution in [2.24, 2.45) is 0 Å². The Labute approximate surface area is 82.8 Å². The van der Waals surface area contributed by atoms with Crippen LogP contribution >= 0.6 is 0 Å². The topological polar surface area (TPSA) is 21.3 Å². The van der Waals surface area contributed by atoms with Crippen LogP contribution in [0.4, 0.5) is 13.2 Å². The van der Waals surface area contributed by atoms with E-state index in [1.165, 1.54) is 0 Å². The third-order valence-electron chi connectivity index (χ3n) is 1.64. The maximum Gasteiger partial charge on any atom is 0.391 e. The van der Waals surface area contributed by atoms with Gasteiger partial charge in [-0.1, -0.05) is 6.92 Å². The summed E-state index contributed by atoms with van der Waals surface area (Å²) in [4.78, 5) is 0. The Kier molecular flexibility index (Phi) is 6.92. The van der Waals surface area contributed by atoms with Crippen LogP contribution in [0.15, 0.2) is 0 Å². The molecule has 0 rings (SSSR count). The highest BCUT2D eigenvalue weighted by Gasteiger charge is 2.26. The average molecular weight is 213 g/mol. The molecule has 0 heterocycles. The molecule has 0 fully saturated rings. The second-order valence-corrected chi connectivity index (χ2v) is 3.30. The number of hydrogen-bond acceptors (Lipinski definition) is 2. The van der Waals surface area contributed by atoms with Gasteiger partial charge in [-0.05, 0) is 19.9 Å². The van der Waals surface area contributed by atoms with Crippen LogP contribution in [0.5, 0.6) is 0 Å². The van der Waals surface area contributed by atoms with E-state index >= 15 is 0 Å². The summed E-state index contributed by atoms with van der Waals surface area (Å²) in [6, 6.07) is 0.114. The van der Waals surface area contributed by atoms with E-state index < -0.39 is 12.6 Å². The summed E-state index contributed by atoms with van der Waals surface area (Å²) in [7, 11) is 0. The van der Waals surface area contributed by atoms with Crippen molar-refractivity contribution in [1.29, 1.82) is 0 Å². The lowest BCUT2D eigenvalue weighted by molar-refractivity contribution is -0.145. The summed E-state index contributed by atoms with van der Waals surface area (Å²) in [5.41, 5.74) is 0. The van der Waals surface area contributed by atoms with Crippen LogP contribution in [0.25, 0.3) is 0 Å². The molecule has 0 aliphatic rings. The number of nitrogens with one attached hydrogen (secondary N) is 1. The first-order valence-corrected chi connectivity index (χ1v) is 4.83. The van der Waals surface area contributed by atoms with Gasteiger partial charge in [0, 0.05) is 6.04 Å². The molecule has 0 radical (unpaired) electrons. The number of hydrogen-bond donors (Lipinski definition) is 1. The van der Waals surface area contributed by atoms with Crippen molar-refractivity contribution in [2.45, 2.75) is 38.9 Å². The molecule has 0 bridgehead atoms. The summed E-state index contributed by atoms with van der Waals surface area (Å²) < 4.78 is 39.9. The number of ether oxygens (including phenoxy) is 1. The Morgan fingerprint density at radius 3 is 2.50 bits per heavy atom. The summed E-state index contributed by atoms with van der Waals surface area (Å²) in [5, 5.41) is 3.12. The number of alkyl halides is 3. The molecule has 0 aromatic heterocycles. The fourth-order valence-corrected chi connectivity index (χ4v) is 0.898. The minimum atomic E-state index is -4.11. The molecule has 0 amide bonds. The minimum absolute atomic E-state index is 0.114. The van der Waals surface area contributed by atoms with Crippen LogP contribution < -0.4 is 5.32 Å². The monoisotopic (exact) mass is 213 g/mol. The molecular formula is C9H18F3NO. The van der Waals surface area contributed by atoms with E-state index in [1.54, 1.807) is 0 Å².